The molecule has 0 fully saturated rings. The van der Waals surface area contributed by atoms with E-state index < -0.39 is 6.10 Å². The van der Waals surface area contributed by atoms with Gasteiger partial charge in [-0.25, -0.2) is 0 Å². The van der Waals surface area contributed by atoms with Crippen LogP contribution >= 0.6 is 11.6 Å². The molecule has 1 amide bonds. The molecule has 2 aromatic rings. The van der Waals surface area contributed by atoms with Gasteiger partial charge in [0.2, 0.25) is 0 Å². The summed E-state index contributed by atoms with van der Waals surface area (Å²) in [6, 6.07) is 12.1. The van der Waals surface area contributed by atoms with Crippen molar-refractivity contribution in [1.29, 1.82) is 0 Å². The van der Waals surface area contributed by atoms with Crippen molar-refractivity contribution in [2.75, 3.05) is 19.5 Å². The van der Waals surface area contributed by atoms with Crippen molar-refractivity contribution < 1.29 is 19.0 Å². The van der Waals surface area contributed by atoms with Gasteiger partial charge in [-0.1, -0.05) is 17.7 Å². The van der Waals surface area contributed by atoms with E-state index in [9.17, 15) is 4.79 Å². The summed E-state index contributed by atoms with van der Waals surface area (Å²) in [7, 11) is 3.10. The van der Waals surface area contributed by atoms with Crippen LogP contribution in [0.2, 0.25) is 5.02 Å². The zero-order valence-electron chi connectivity index (χ0n) is 13.1. The molecule has 0 aliphatic heterocycles. The SMILES string of the molecule is COc1cccc(O[C@@H](C)C(=O)Nc2ccc(OC)c(Cl)c2)c1. The minimum absolute atomic E-state index is 0.283. The van der Waals surface area contributed by atoms with Crippen molar-refractivity contribution in [2.24, 2.45) is 0 Å². The van der Waals surface area contributed by atoms with Crippen LogP contribution in [0.1, 0.15) is 6.92 Å². The Balaban J connectivity index is 2.00. The zero-order valence-corrected chi connectivity index (χ0v) is 13.9. The number of amides is 1. The highest BCUT2D eigenvalue weighted by Gasteiger charge is 2.15. The number of methoxy groups -OCH3 is 2. The van der Waals surface area contributed by atoms with Gasteiger partial charge in [-0.05, 0) is 37.3 Å². The summed E-state index contributed by atoms with van der Waals surface area (Å²) in [6.45, 7) is 1.67. The minimum Gasteiger partial charge on any atom is -0.497 e. The fourth-order valence-electron chi connectivity index (χ4n) is 1.92. The molecule has 0 aromatic heterocycles. The van der Waals surface area contributed by atoms with Crippen LogP contribution in [0.3, 0.4) is 0 Å². The number of nitrogens with one attached hydrogen (secondary N) is 1. The summed E-state index contributed by atoms with van der Waals surface area (Å²) < 4.78 is 15.8. The Bertz CT molecular complexity index is 690. The van der Waals surface area contributed by atoms with Gasteiger partial charge in [0.15, 0.2) is 6.10 Å². The monoisotopic (exact) mass is 335 g/mol. The first kappa shape index (κ1) is 17.0. The van der Waals surface area contributed by atoms with Gasteiger partial charge in [-0.2, -0.15) is 0 Å². The van der Waals surface area contributed by atoms with Gasteiger partial charge in [-0.3, -0.25) is 4.79 Å². The molecular formula is C17H18ClNO4. The van der Waals surface area contributed by atoms with E-state index in [1.807, 2.05) is 0 Å². The van der Waals surface area contributed by atoms with Crippen molar-refractivity contribution in [3.8, 4) is 17.2 Å². The number of anilines is 1. The second-order valence-corrected chi connectivity index (χ2v) is 5.18. The van der Waals surface area contributed by atoms with E-state index in [1.165, 1.54) is 7.11 Å². The van der Waals surface area contributed by atoms with Gasteiger partial charge >= 0.3 is 0 Å². The molecule has 0 saturated heterocycles. The van der Waals surface area contributed by atoms with Crippen LogP contribution < -0.4 is 19.5 Å². The lowest BCUT2D eigenvalue weighted by Gasteiger charge is -2.15. The molecule has 2 rings (SSSR count). The minimum atomic E-state index is -0.678. The molecule has 1 N–H and O–H groups in total. The molecule has 5 nitrogen and oxygen atoms in total. The Hall–Kier alpha value is -2.40. The fourth-order valence-corrected chi connectivity index (χ4v) is 2.18. The third-order valence-corrected chi connectivity index (χ3v) is 3.44. The lowest BCUT2D eigenvalue weighted by Crippen LogP contribution is -2.30. The smallest absolute Gasteiger partial charge is 0.265 e. The summed E-state index contributed by atoms with van der Waals surface area (Å²) in [6.07, 6.45) is -0.678. The first-order chi connectivity index (χ1) is 11.0. The normalized spacial score (nSPS) is 11.5. The van der Waals surface area contributed by atoms with Crippen molar-refractivity contribution in [2.45, 2.75) is 13.0 Å². The first-order valence-electron chi connectivity index (χ1n) is 6.98. The molecule has 122 valence electrons. The van der Waals surface area contributed by atoms with Gasteiger partial charge in [0, 0.05) is 11.8 Å². The Morgan fingerprint density at radius 1 is 1.09 bits per heavy atom. The van der Waals surface area contributed by atoms with Gasteiger partial charge in [-0.15, -0.1) is 0 Å². The van der Waals surface area contributed by atoms with Gasteiger partial charge < -0.3 is 19.5 Å². The lowest BCUT2D eigenvalue weighted by atomic mass is 10.2. The molecule has 0 aliphatic rings. The molecule has 2 aromatic carbocycles. The molecule has 0 aliphatic carbocycles. The predicted molar refractivity (Wildman–Crippen MR) is 89.7 cm³/mol. The molecule has 1 atom stereocenters. The highest BCUT2D eigenvalue weighted by atomic mass is 35.5. The van der Waals surface area contributed by atoms with Crippen molar-refractivity contribution in [1.82, 2.24) is 0 Å². The summed E-state index contributed by atoms with van der Waals surface area (Å²) in [5.74, 6) is 1.48. The van der Waals surface area contributed by atoms with Gasteiger partial charge in [0.1, 0.15) is 17.2 Å². The van der Waals surface area contributed by atoms with E-state index in [1.54, 1.807) is 56.5 Å². The van der Waals surface area contributed by atoms with E-state index in [0.29, 0.717) is 28.0 Å². The van der Waals surface area contributed by atoms with E-state index >= 15 is 0 Å². The standard InChI is InChI=1S/C17H18ClNO4/c1-11(23-14-6-4-5-13(10-14)21-2)17(20)19-12-7-8-16(22-3)15(18)9-12/h4-11H,1-3H3,(H,19,20)/t11-/m0/s1. The zero-order chi connectivity index (χ0) is 16.8. The Kier molecular flexibility index (Phi) is 5.71. The summed E-state index contributed by atoms with van der Waals surface area (Å²) in [4.78, 5) is 12.2. The summed E-state index contributed by atoms with van der Waals surface area (Å²) >= 11 is 6.03. The maximum absolute atomic E-state index is 12.2. The second-order valence-electron chi connectivity index (χ2n) is 4.78. The molecule has 23 heavy (non-hydrogen) atoms. The maximum Gasteiger partial charge on any atom is 0.265 e. The predicted octanol–water partition coefficient (Wildman–Crippen LogP) is 3.76. The van der Waals surface area contributed by atoms with E-state index in [0.717, 1.165) is 0 Å². The molecule has 0 heterocycles. The third kappa shape index (κ3) is 4.53. The summed E-state index contributed by atoms with van der Waals surface area (Å²) in [5.41, 5.74) is 0.571. The van der Waals surface area contributed by atoms with Crippen LogP contribution in [0.25, 0.3) is 0 Å². The highest BCUT2D eigenvalue weighted by Crippen LogP contribution is 2.27. The van der Waals surface area contributed by atoms with Crippen molar-refractivity contribution in [3.05, 3.63) is 47.5 Å². The molecule has 0 bridgehead atoms. The number of ether oxygens (including phenoxy) is 3. The number of rotatable bonds is 6. The number of benzene rings is 2. The highest BCUT2D eigenvalue weighted by molar-refractivity contribution is 6.32. The molecule has 0 spiro atoms. The second kappa shape index (κ2) is 7.74. The third-order valence-electron chi connectivity index (χ3n) is 3.14. The van der Waals surface area contributed by atoms with E-state index in [2.05, 4.69) is 5.32 Å². The molecular weight excluding hydrogens is 318 g/mol. The molecule has 0 radical (unpaired) electrons. The average molecular weight is 336 g/mol. The Morgan fingerprint density at radius 2 is 1.83 bits per heavy atom. The van der Waals surface area contributed by atoms with E-state index in [-0.39, 0.29) is 5.91 Å². The fraction of sp³-hybridized carbons (Fsp3) is 0.235. The Morgan fingerprint density at radius 3 is 2.48 bits per heavy atom. The topological polar surface area (TPSA) is 56.8 Å². The number of carbonyl (C=O) groups excluding carboxylic acids is 1. The number of hydrogen-bond donors (Lipinski definition) is 1. The lowest BCUT2D eigenvalue weighted by molar-refractivity contribution is -0.122. The Labute approximate surface area is 140 Å². The van der Waals surface area contributed by atoms with E-state index in [4.69, 9.17) is 25.8 Å². The average Bonchev–Trinajstić information content (AvgIpc) is 2.55. The number of halogens is 1. The van der Waals surface area contributed by atoms with Crippen LogP contribution in [0.5, 0.6) is 17.2 Å². The number of hydrogen-bond acceptors (Lipinski definition) is 4. The van der Waals surface area contributed by atoms with Crippen LogP contribution in [-0.2, 0) is 4.79 Å². The largest absolute Gasteiger partial charge is 0.497 e. The van der Waals surface area contributed by atoms with Crippen LogP contribution in [0.15, 0.2) is 42.5 Å². The summed E-state index contributed by atoms with van der Waals surface area (Å²) in [5, 5.41) is 3.17. The molecule has 6 heteroatoms. The van der Waals surface area contributed by atoms with Gasteiger partial charge in [0.25, 0.3) is 5.91 Å². The molecule has 0 saturated carbocycles. The maximum atomic E-state index is 12.2. The van der Waals surface area contributed by atoms with Gasteiger partial charge in [0.05, 0.1) is 19.2 Å². The number of carbonyl (C=O) groups is 1. The van der Waals surface area contributed by atoms with Crippen molar-refractivity contribution in [3.63, 3.8) is 0 Å². The molecule has 0 unspecified atom stereocenters. The van der Waals surface area contributed by atoms with Crippen LogP contribution in [0.4, 0.5) is 5.69 Å². The first-order valence-corrected chi connectivity index (χ1v) is 7.36. The van der Waals surface area contributed by atoms with Crippen molar-refractivity contribution >= 4 is 23.2 Å². The van der Waals surface area contributed by atoms with Crippen LogP contribution in [0, 0.1) is 0 Å². The van der Waals surface area contributed by atoms with Crippen LogP contribution in [-0.4, -0.2) is 26.2 Å². The quantitative estimate of drug-likeness (QED) is 0.873.